The molecule has 6 nitrogen and oxygen atoms in total. The molecule has 1 amide bonds. The number of aromatic amines is 1. The summed E-state index contributed by atoms with van der Waals surface area (Å²) in [4.78, 5) is 29.3. The number of carboxylic acid groups (broad SMARTS) is 1. The fourth-order valence-electron chi connectivity index (χ4n) is 1.36. The molecule has 0 saturated carbocycles. The predicted molar refractivity (Wildman–Crippen MR) is 65.9 cm³/mol. The molecule has 3 N–H and O–H groups in total. The number of nitrogens with zero attached hydrogens (tertiary/aromatic N) is 1. The lowest BCUT2D eigenvalue weighted by Crippen LogP contribution is -2.26. The van der Waals surface area contributed by atoms with E-state index in [9.17, 15) is 9.59 Å². The van der Waals surface area contributed by atoms with Crippen molar-refractivity contribution < 1.29 is 14.7 Å². The van der Waals surface area contributed by atoms with E-state index in [2.05, 4.69) is 15.3 Å². The van der Waals surface area contributed by atoms with Crippen molar-refractivity contribution in [1.82, 2.24) is 15.3 Å². The second-order valence-corrected chi connectivity index (χ2v) is 3.95. The molecule has 1 rings (SSSR count). The van der Waals surface area contributed by atoms with E-state index in [-0.39, 0.29) is 17.1 Å². The molecule has 98 valence electrons. The van der Waals surface area contributed by atoms with E-state index < -0.39 is 5.97 Å². The van der Waals surface area contributed by atoms with Gasteiger partial charge in [0.05, 0.1) is 0 Å². The number of H-pyrrole nitrogens is 1. The van der Waals surface area contributed by atoms with Crippen LogP contribution in [-0.4, -0.2) is 33.5 Å². The van der Waals surface area contributed by atoms with Crippen LogP contribution >= 0.6 is 0 Å². The average Bonchev–Trinajstić information content (AvgIpc) is 2.85. The standard InChI is InChI=1S/C12H17N3O3/c1-8(9(2)12(17)18)11(16)15-5-3-4-10-13-6-7-14-10/h6-7H,3-5H2,1-2H3,(H,13,14)(H,15,16)(H,17,18)/b9-8+. The molecular weight excluding hydrogens is 234 g/mol. The fourth-order valence-corrected chi connectivity index (χ4v) is 1.36. The number of hydrogen-bond acceptors (Lipinski definition) is 3. The summed E-state index contributed by atoms with van der Waals surface area (Å²) in [6, 6.07) is 0. The van der Waals surface area contributed by atoms with E-state index in [0.717, 1.165) is 18.7 Å². The van der Waals surface area contributed by atoms with Gasteiger partial charge in [-0.15, -0.1) is 0 Å². The van der Waals surface area contributed by atoms with Gasteiger partial charge in [-0.25, -0.2) is 9.78 Å². The average molecular weight is 251 g/mol. The Labute approximate surface area is 105 Å². The number of carbonyl (C=O) groups excluding carboxylic acids is 1. The Morgan fingerprint density at radius 1 is 1.39 bits per heavy atom. The van der Waals surface area contributed by atoms with Gasteiger partial charge in [0, 0.05) is 36.5 Å². The van der Waals surface area contributed by atoms with Gasteiger partial charge >= 0.3 is 5.97 Å². The van der Waals surface area contributed by atoms with Crippen LogP contribution in [0.5, 0.6) is 0 Å². The van der Waals surface area contributed by atoms with Crippen LogP contribution in [0.25, 0.3) is 0 Å². The van der Waals surface area contributed by atoms with Gasteiger partial charge in [0.25, 0.3) is 0 Å². The molecule has 0 atom stereocenters. The van der Waals surface area contributed by atoms with Crippen molar-refractivity contribution in [2.24, 2.45) is 0 Å². The molecule has 0 saturated heterocycles. The van der Waals surface area contributed by atoms with Gasteiger partial charge in [0.1, 0.15) is 5.82 Å². The molecule has 0 bridgehead atoms. The third-order valence-corrected chi connectivity index (χ3v) is 2.65. The number of rotatable bonds is 6. The van der Waals surface area contributed by atoms with Gasteiger partial charge < -0.3 is 15.4 Å². The molecule has 6 heteroatoms. The summed E-state index contributed by atoms with van der Waals surface area (Å²) in [5.74, 6) is -0.536. The lowest BCUT2D eigenvalue weighted by molar-refractivity contribution is -0.133. The van der Waals surface area contributed by atoms with E-state index in [1.54, 1.807) is 12.4 Å². The zero-order valence-corrected chi connectivity index (χ0v) is 10.5. The van der Waals surface area contributed by atoms with Crippen LogP contribution < -0.4 is 5.32 Å². The number of nitrogens with one attached hydrogen (secondary N) is 2. The summed E-state index contributed by atoms with van der Waals surface area (Å²) in [6.45, 7) is 3.41. The van der Waals surface area contributed by atoms with E-state index in [1.807, 2.05) is 0 Å². The topological polar surface area (TPSA) is 95.1 Å². The number of hydrogen-bond donors (Lipinski definition) is 3. The van der Waals surface area contributed by atoms with Crippen molar-refractivity contribution in [3.05, 3.63) is 29.4 Å². The van der Waals surface area contributed by atoms with Gasteiger partial charge in [0.15, 0.2) is 0 Å². The van der Waals surface area contributed by atoms with Crippen molar-refractivity contribution in [2.45, 2.75) is 26.7 Å². The monoisotopic (exact) mass is 251 g/mol. The zero-order valence-electron chi connectivity index (χ0n) is 10.5. The lowest BCUT2D eigenvalue weighted by Gasteiger charge is -2.06. The van der Waals surface area contributed by atoms with Crippen LogP contribution in [0.4, 0.5) is 0 Å². The van der Waals surface area contributed by atoms with Crippen LogP contribution in [-0.2, 0) is 16.0 Å². The largest absolute Gasteiger partial charge is 0.478 e. The highest BCUT2D eigenvalue weighted by atomic mass is 16.4. The van der Waals surface area contributed by atoms with Gasteiger partial charge in [0.2, 0.25) is 5.91 Å². The molecule has 0 aliphatic carbocycles. The minimum Gasteiger partial charge on any atom is -0.478 e. The molecule has 0 aliphatic heterocycles. The molecular formula is C12H17N3O3. The molecule has 0 spiro atoms. The number of imidazole rings is 1. The van der Waals surface area contributed by atoms with E-state index in [1.165, 1.54) is 13.8 Å². The molecule has 1 aromatic heterocycles. The third kappa shape index (κ3) is 4.04. The van der Waals surface area contributed by atoms with E-state index in [4.69, 9.17) is 5.11 Å². The van der Waals surface area contributed by atoms with Crippen molar-refractivity contribution in [2.75, 3.05) is 6.54 Å². The highest BCUT2D eigenvalue weighted by molar-refractivity contribution is 6.01. The summed E-state index contributed by atoms with van der Waals surface area (Å²) in [5.41, 5.74) is 0.305. The van der Waals surface area contributed by atoms with Gasteiger partial charge in [-0.2, -0.15) is 0 Å². The molecule has 0 unspecified atom stereocenters. The smallest absolute Gasteiger partial charge is 0.331 e. The summed E-state index contributed by atoms with van der Waals surface area (Å²) in [7, 11) is 0. The van der Waals surface area contributed by atoms with Gasteiger partial charge in [-0.1, -0.05) is 0 Å². The molecule has 1 aromatic rings. The second-order valence-electron chi connectivity index (χ2n) is 3.95. The van der Waals surface area contributed by atoms with Gasteiger partial charge in [-0.3, -0.25) is 4.79 Å². The Morgan fingerprint density at radius 2 is 2.11 bits per heavy atom. The maximum absolute atomic E-state index is 11.6. The maximum atomic E-state index is 11.6. The number of amides is 1. The first-order chi connectivity index (χ1) is 8.52. The van der Waals surface area contributed by atoms with Crippen molar-refractivity contribution >= 4 is 11.9 Å². The Kier molecular flexibility index (Phi) is 5.10. The van der Waals surface area contributed by atoms with Crippen LogP contribution in [0.15, 0.2) is 23.5 Å². The number of carbonyl (C=O) groups is 2. The third-order valence-electron chi connectivity index (χ3n) is 2.65. The zero-order chi connectivity index (χ0) is 13.5. The van der Waals surface area contributed by atoms with Crippen molar-refractivity contribution in [3.63, 3.8) is 0 Å². The Bertz CT molecular complexity index is 449. The number of aromatic nitrogens is 2. The quantitative estimate of drug-likeness (QED) is 0.516. The Balaban J connectivity index is 2.33. The number of carboxylic acids is 1. The number of aryl methyl sites for hydroxylation is 1. The normalized spacial score (nSPS) is 11.9. The van der Waals surface area contributed by atoms with E-state index in [0.29, 0.717) is 6.54 Å². The first-order valence-electron chi connectivity index (χ1n) is 5.69. The molecule has 1 heterocycles. The SMILES string of the molecule is C/C(C(=O)O)=C(/C)C(=O)NCCCc1ncc[nH]1. The molecule has 18 heavy (non-hydrogen) atoms. The van der Waals surface area contributed by atoms with Crippen LogP contribution in [0.2, 0.25) is 0 Å². The minimum atomic E-state index is -1.07. The summed E-state index contributed by atoms with van der Waals surface area (Å²) >= 11 is 0. The highest BCUT2D eigenvalue weighted by Crippen LogP contribution is 2.03. The lowest BCUT2D eigenvalue weighted by atomic mass is 10.1. The molecule has 0 radical (unpaired) electrons. The highest BCUT2D eigenvalue weighted by Gasteiger charge is 2.11. The first kappa shape index (κ1) is 14.0. The summed E-state index contributed by atoms with van der Waals surface area (Å²) in [6.07, 6.45) is 4.92. The van der Waals surface area contributed by atoms with Crippen molar-refractivity contribution in [1.29, 1.82) is 0 Å². The summed E-state index contributed by atoms with van der Waals surface area (Å²) < 4.78 is 0. The number of aliphatic carboxylic acids is 1. The Morgan fingerprint density at radius 3 is 2.67 bits per heavy atom. The molecule has 0 aromatic carbocycles. The van der Waals surface area contributed by atoms with Crippen LogP contribution in [0.3, 0.4) is 0 Å². The van der Waals surface area contributed by atoms with Crippen LogP contribution in [0.1, 0.15) is 26.1 Å². The Hall–Kier alpha value is -2.11. The second kappa shape index (κ2) is 6.58. The minimum absolute atomic E-state index is 0.0681. The van der Waals surface area contributed by atoms with Gasteiger partial charge in [-0.05, 0) is 20.3 Å². The fraction of sp³-hybridized carbons (Fsp3) is 0.417. The van der Waals surface area contributed by atoms with Crippen LogP contribution in [0, 0.1) is 0 Å². The van der Waals surface area contributed by atoms with Crippen molar-refractivity contribution in [3.8, 4) is 0 Å². The predicted octanol–water partition coefficient (Wildman–Crippen LogP) is 0.879. The van der Waals surface area contributed by atoms with E-state index >= 15 is 0 Å². The first-order valence-corrected chi connectivity index (χ1v) is 5.69. The summed E-state index contributed by atoms with van der Waals surface area (Å²) in [5, 5.41) is 11.4. The molecule has 0 aliphatic rings. The molecule has 0 fully saturated rings. The maximum Gasteiger partial charge on any atom is 0.331 e.